The topological polar surface area (TPSA) is 94.2 Å². The number of morpholine rings is 1. The summed E-state index contributed by atoms with van der Waals surface area (Å²) in [6.45, 7) is 9.09. The lowest BCUT2D eigenvalue weighted by Crippen LogP contribution is -2.37. The number of carbonyl (C=O) groups is 1. The van der Waals surface area contributed by atoms with Crippen molar-refractivity contribution in [2.75, 3.05) is 57.2 Å². The third-order valence-electron chi connectivity index (χ3n) is 7.21. The van der Waals surface area contributed by atoms with Crippen LogP contribution in [0.4, 0.5) is 20.6 Å². The van der Waals surface area contributed by atoms with Crippen LogP contribution in [0.2, 0.25) is 0 Å². The molecule has 0 radical (unpaired) electrons. The third kappa shape index (κ3) is 7.91. The van der Waals surface area contributed by atoms with Crippen LogP contribution >= 0.6 is 0 Å². The van der Waals surface area contributed by atoms with Crippen molar-refractivity contribution in [2.24, 2.45) is 0 Å². The normalized spacial score (nSPS) is 13.6. The molecule has 0 unspecified atom stereocenters. The second kappa shape index (κ2) is 14.2. The van der Waals surface area contributed by atoms with Crippen molar-refractivity contribution >= 4 is 28.3 Å². The number of carbonyl (C=O) groups excluding carboxylic acids is 1. The number of methoxy groups -OCH3 is 1. The van der Waals surface area contributed by atoms with Crippen molar-refractivity contribution in [1.29, 1.82) is 0 Å². The maximum absolute atomic E-state index is 15.1. The van der Waals surface area contributed by atoms with Gasteiger partial charge in [0.1, 0.15) is 5.75 Å². The molecule has 2 N–H and O–H groups in total. The number of nitrogens with one attached hydrogen (secondary N) is 2. The second-order valence-corrected chi connectivity index (χ2v) is 10.6. The molecule has 4 aromatic rings. The molecule has 0 spiro atoms. The Labute approximate surface area is 250 Å². The van der Waals surface area contributed by atoms with Crippen LogP contribution < -0.4 is 24.8 Å². The van der Waals surface area contributed by atoms with Gasteiger partial charge in [-0.05, 0) is 54.3 Å². The fraction of sp³-hybridized carbons (Fsp3) is 0.333. The first-order valence-electron chi connectivity index (χ1n) is 14.4. The van der Waals surface area contributed by atoms with Gasteiger partial charge in [-0.25, -0.2) is 9.18 Å². The number of pyridine rings is 1. The van der Waals surface area contributed by atoms with E-state index in [2.05, 4.69) is 34.4 Å². The highest BCUT2D eigenvalue weighted by Crippen LogP contribution is 2.38. The minimum absolute atomic E-state index is 0.00476. The van der Waals surface area contributed by atoms with Crippen LogP contribution in [0.5, 0.6) is 23.0 Å². The molecule has 3 aromatic carbocycles. The van der Waals surface area contributed by atoms with Gasteiger partial charge in [-0.1, -0.05) is 26.0 Å². The van der Waals surface area contributed by atoms with Gasteiger partial charge in [0.25, 0.3) is 0 Å². The van der Waals surface area contributed by atoms with Crippen molar-refractivity contribution in [3.8, 4) is 23.0 Å². The summed E-state index contributed by atoms with van der Waals surface area (Å²) in [4.78, 5) is 19.3. The minimum Gasteiger partial charge on any atom is -0.493 e. The summed E-state index contributed by atoms with van der Waals surface area (Å²) in [6.07, 6.45) is 2.47. The summed E-state index contributed by atoms with van der Waals surface area (Å²) in [6, 6.07) is 16.6. The second-order valence-electron chi connectivity index (χ2n) is 10.6. The van der Waals surface area contributed by atoms with Crippen molar-refractivity contribution in [2.45, 2.75) is 26.2 Å². The maximum atomic E-state index is 15.1. The van der Waals surface area contributed by atoms with E-state index in [1.165, 1.54) is 17.7 Å². The molecule has 1 saturated heterocycles. The van der Waals surface area contributed by atoms with Crippen LogP contribution in [0.15, 0.2) is 66.9 Å². The molecule has 2 amide bonds. The van der Waals surface area contributed by atoms with Gasteiger partial charge in [0.15, 0.2) is 23.1 Å². The zero-order valence-electron chi connectivity index (χ0n) is 24.7. The Balaban J connectivity index is 1.22. The van der Waals surface area contributed by atoms with Gasteiger partial charge in [0, 0.05) is 54.7 Å². The Morgan fingerprint density at radius 3 is 2.42 bits per heavy atom. The number of aromatic nitrogens is 1. The van der Waals surface area contributed by atoms with E-state index in [1.807, 2.05) is 24.3 Å². The number of benzene rings is 3. The molecule has 1 aliphatic rings. The first-order chi connectivity index (χ1) is 20.9. The molecule has 1 aromatic heterocycles. The lowest BCUT2D eigenvalue weighted by Gasteiger charge is -2.26. The van der Waals surface area contributed by atoms with E-state index in [0.717, 1.165) is 39.3 Å². The number of hydrogen-bond donors (Lipinski definition) is 2. The smallest absolute Gasteiger partial charge is 0.323 e. The molecule has 1 fully saturated rings. The average molecular weight is 589 g/mol. The summed E-state index contributed by atoms with van der Waals surface area (Å²) < 4.78 is 38.1. The van der Waals surface area contributed by atoms with Gasteiger partial charge in [-0.15, -0.1) is 0 Å². The molecule has 0 saturated carbocycles. The van der Waals surface area contributed by atoms with E-state index in [0.29, 0.717) is 46.4 Å². The first kappa shape index (κ1) is 30.1. The summed E-state index contributed by atoms with van der Waals surface area (Å²) in [5.41, 5.74) is 2.73. The highest BCUT2D eigenvalue weighted by atomic mass is 19.1. The van der Waals surface area contributed by atoms with Gasteiger partial charge in [0.2, 0.25) is 0 Å². The molecule has 0 aliphatic carbocycles. The number of urea groups is 1. The quantitative estimate of drug-likeness (QED) is 0.182. The number of nitrogens with zero attached hydrogens (tertiary/aromatic N) is 2. The Morgan fingerprint density at radius 2 is 1.70 bits per heavy atom. The zero-order valence-corrected chi connectivity index (χ0v) is 24.7. The van der Waals surface area contributed by atoms with E-state index in [4.69, 9.17) is 18.9 Å². The molecule has 0 atom stereocenters. The molecule has 9 nitrogen and oxygen atoms in total. The highest BCUT2D eigenvalue weighted by molar-refractivity contribution is 5.99. The highest BCUT2D eigenvalue weighted by Gasteiger charge is 2.15. The standard InChI is InChI=1S/C33H37FN4O5/c1-22(2)23-5-7-24(8-6-23)36-33(39)37-25-9-10-30(27(34)19-25)43-29-11-12-35-28-21-32(31(40-3)20-26(28)29)42-16-4-13-38-14-17-41-18-15-38/h5-12,19-22H,4,13-18H2,1-3H3,(H2,36,37,39). The van der Waals surface area contributed by atoms with Crippen LogP contribution in [0.3, 0.4) is 0 Å². The number of ether oxygens (including phenoxy) is 4. The van der Waals surface area contributed by atoms with Gasteiger partial charge in [0.05, 0.1) is 32.4 Å². The Kier molecular flexibility index (Phi) is 9.91. The number of amides is 2. The summed E-state index contributed by atoms with van der Waals surface area (Å²) in [7, 11) is 1.57. The number of hydrogen-bond acceptors (Lipinski definition) is 7. The Morgan fingerprint density at radius 1 is 0.953 bits per heavy atom. The fourth-order valence-electron chi connectivity index (χ4n) is 4.81. The van der Waals surface area contributed by atoms with E-state index >= 15 is 4.39 Å². The summed E-state index contributed by atoms with van der Waals surface area (Å²) >= 11 is 0. The van der Waals surface area contributed by atoms with Crippen LogP contribution in [-0.4, -0.2) is 62.5 Å². The molecule has 1 aliphatic heterocycles. The van der Waals surface area contributed by atoms with E-state index in [1.54, 1.807) is 37.6 Å². The predicted octanol–water partition coefficient (Wildman–Crippen LogP) is 7.04. The molecule has 10 heteroatoms. The van der Waals surface area contributed by atoms with Crippen molar-refractivity contribution in [3.05, 3.63) is 78.2 Å². The SMILES string of the molecule is COc1cc2c(Oc3ccc(NC(=O)Nc4ccc(C(C)C)cc4)cc3F)ccnc2cc1OCCCN1CCOCC1. The fourth-order valence-corrected chi connectivity index (χ4v) is 4.81. The Hall–Kier alpha value is -4.41. The van der Waals surface area contributed by atoms with Gasteiger partial charge < -0.3 is 29.6 Å². The van der Waals surface area contributed by atoms with Crippen molar-refractivity contribution < 1.29 is 28.1 Å². The van der Waals surface area contributed by atoms with E-state index in [9.17, 15) is 4.79 Å². The number of fused-ring (bicyclic) bond motifs is 1. The number of halogens is 1. The van der Waals surface area contributed by atoms with Crippen LogP contribution in [0, 0.1) is 5.82 Å². The third-order valence-corrected chi connectivity index (χ3v) is 7.21. The van der Waals surface area contributed by atoms with Crippen molar-refractivity contribution in [1.82, 2.24) is 9.88 Å². The number of rotatable bonds is 11. The molecular weight excluding hydrogens is 551 g/mol. The van der Waals surface area contributed by atoms with Gasteiger partial charge in [-0.3, -0.25) is 9.88 Å². The monoisotopic (exact) mass is 588 g/mol. The molecule has 0 bridgehead atoms. The summed E-state index contributed by atoms with van der Waals surface area (Å²) in [5, 5.41) is 6.06. The van der Waals surface area contributed by atoms with Gasteiger partial charge in [-0.2, -0.15) is 0 Å². The van der Waals surface area contributed by atoms with Crippen molar-refractivity contribution in [3.63, 3.8) is 0 Å². The molecular formula is C33H37FN4O5. The predicted molar refractivity (Wildman–Crippen MR) is 165 cm³/mol. The number of anilines is 2. The largest absolute Gasteiger partial charge is 0.493 e. The molecule has 2 heterocycles. The lowest BCUT2D eigenvalue weighted by molar-refractivity contribution is 0.0357. The molecule has 43 heavy (non-hydrogen) atoms. The molecule has 5 rings (SSSR count). The molecule has 226 valence electrons. The minimum atomic E-state index is -0.628. The lowest BCUT2D eigenvalue weighted by atomic mass is 10.0. The van der Waals surface area contributed by atoms with E-state index < -0.39 is 11.8 Å². The maximum Gasteiger partial charge on any atom is 0.323 e. The summed E-state index contributed by atoms with van der Waals surface area (Å²) in [5.74, 6) is 1.29. The first-order valence-corrected chi connectivity index (χ1v) is 14.4. The van der Waals surface area contributed by atoms with Crippen LogP contribution in [0.25, 0.3) is 10.9 Å². The van der Waals surface area contributed by atoms with E-state index in [-0.39, 0.29) is 11.4 Å². The zero-order chi connectivity index (χ0) is 30.2. The van der Waals surface area contributed by atoms with Crippen LogP contribution in [0.1, 0.15) is 31.7 Å². The van der Waals surface area contributed by atoms with Crippen LogP contribution in [-0.2, 0) is 4.74 Å². The Bertz CT molecular complexity index is 1540. The average Bonchev–Trinajstić information content (AvgIpc) is 3.01. The van der Waals surface area contributed by atoms with Gasteiger partial charge >= 0.3 is 6.03 Å².